The Morgan fingerprint density at radius 2 is 1.96 bits per heavy atom. The molecule has 0 aliphatic carbocycles. The molecular weight excluding hydrogens is 340 g/mol. The van der Waals surface area contributed by atoms with Gasteiger partial charge in [0.1, 0.15) is 10.8 Å². The first kappa shape index (κ1) is 15.1. The quantitative estimate of drug-likeness (QED) is 0.393. The second-order valence-corrected chi connectivity index (χ2v) is 7.58. The minimum atomic E-state index is -0.130. The monoisotopic (exact) mass is 352 g/mol. The van der Waals surface area contributed by atoms with E-state index >= 15 is 0 Å². The third kappa shape index (κ3) is 2.64. The van der Waals surface area contributed by atoms with Gasteiger partial charge in [0.05, 0.1) is 31.9 Å². The van der Waals surface area contributed by atoms with Gasteiger partial charge in [0.25, 0.3) is 0 Å². The molecule has 0 unspecified atom stereocenters. The summed E-state index contributed by atoms with van der Waals surface area (Å²) in [5.74, 6) is -0.247. The summed E-state index contributed by atoms with van der Waals surface area (Å²) >= 11 is 2.98. The number of ketones is 2. The molecule has 1 aromatic carbocycles. The summed E-state index contributed by atoms with van der Waals surface area (Å²) in [6.45, 7) is 1.43. The van der Waals surface area contributed by atoms with Gasteiger partial charge >= 0.3 is 0 Å². The first-order valence-electron chi connectivity index (χ1n) is 7.39. The second kappa shape index (κ2) is 5.89. The molecule has 0 spiro atoms. The smallest absolute Gasteiger partial charge is 0.180 e. The van der Waals surface area contributed by atoms with Crippen LogP contribution in [0.3, 0.4) is 0 Å². The lowest BCUT2D eigenvalue weighted by Crippen LogP contribution is -2.02. The highest BCUT2D eigenvalue weighted by molar-refractivity contribution is 7.26. The van der Waals surface area contributed by atoms with Crippen LogP contribution in [0.15, 0.2) is 42.6 Å². The number of hydrogen-bond acceptors (Lipinski definition) is 6. The Morgan fingerprint density at radius 1 is 1.08 bits per heavy atom. The van der Waals surface area contributed by atoms with Crippen molar-refractivity contribution in [2.24, 2.45) is 0 Å². The molecule has 0 amide bonds. The highest BCUT2D eigenvalue weighted by Gasteiger charge is 2.15. The molecular formula is C18H12N2O2S2. The van der Waals surface area contributed by atoms with Crippen molar-refractivity contribution in [1.82, 2.24) is 9.97 Å². The Labute approximate surface area is 145 Å². The van der Waals surface area contributed by atoms with E-state index in [-0.39, 0.29) is 18.0 Å². The second-order valence-electron chi connectivity index (χ2n) is 5.47. The highest BCUT2D eigenvalue weighted by Crippen LogP contribution is 2.36. The average molecular weight is 352 g/mol. The number of thiazole rings is 1. The van der Waals surface area contributed by atoms with Crippen molar-refractivity contribution in [2.75, 3.05) is 0 Å². The van der Waals surface area contributed by atoms with Crippen LogP contribution in [-0.4, -0.2) is 21.5 Å². The van der Waals surface area contributed by atoms with Gasteiger partial charge in [-0.1, -0.05) is 0 Å². The number of hydrogen-bond donors (Lipinski definition) is 0. The van der Waals surface area contributed by atoms with Gasteiger partial charge in [-0.2, -0.15) is 0 Å². The van der Waals surface area contributed by atoms with Gasteiger partial charge in [0.15, 0.2) is 5.78 Å². The largest absolute Gasteiger partial charge is 0.300 e. The fourth-order valence-electron chi connectivity index (χ4n) is 2.56. The molecule has 4 rings (SSSR count). The number of aromatic nitrogens is 2. The van der Waals surface area contributed by atoms with Crippen LogP contribution < -0.4 is 0 Å². The summed E-state index contributed by atoms with van der Waals surface area (Å²) in [5.41, 5.74) is 1.86. The van der Waals surface area contributed by atoms with E-state index in [1.165, 1.54) is 18.3 Å². The Kier molecular flexibility index (Phi) is 3.70. The van der Waals surface area contributed by atoms with Gasteiger partial charge in [-0.25, -0.2) is 4.98 Å². The highest BCUT2D eigenvalue weighted by atomic mass is 32.1. The van der Waals surface area contributed by atoms with E-state index in [0.29, 0.717) is 4.88 Å². The van der Waals surface area contributed by atoms with Crippen molar-refractivity contribution in [3.8, 4) is 9.88 Å². The first-order chi connectivity index (χ1) is 11.6. The minimum absolute atomic E-state index is 0.0455. The van der Waals surface area contributed by atoms with E-state index in [2.05, 4.69) is 4.98 Å². The lowest BCUT2D eigenvalue weighted by molar-refractivity contribution is -0.116. The molecule has 3 heterocycles. The maximum atomic E-state index is 12.0. The van der Waals surface area contributed by atoms with Crippen molar-refractivity contribution in [2.45, 2.75) is 13.3 Å². The summed E-state index contributed by atoms with van der Waals surface area (Å²) < 4.78 is 1.09. The van der Waals surface area contributed by atoms with Gasteiger partial charge in [-0.15, -0.1) is 22.7 Å². The number of rotatable bonds is 4. The van der Waals surface area contributed by atoms with Crippen molar-refractivity contribution < 1.29 is 9.59 Å². The molecule has 0 aliphatic rings. The van der Waals surface area contributed by atoms with Crippen LogP contribution in [0.5, 0.6) is 0 Å². The molecule has 0 saturated heterocycles. The van der Waals surface area contributed by atoms with Crippen LogP contribution >= 0.6 is 22.7 Å². The number of pyridine rings is 1. The predicted octanol–water partition coefficient (Wildman–Crippen LogP) is 4.73. The van der Waals surface area contributed by atoms with Gasteiger partial charge in [-0.05, 0) is 43.3 Å². The molecule has 0 atom stereocenters. The number of benzene rings is 1. The molecule has 4 aromatic rings. The number of carbonyl (C=O) groups excluding carboxylic acids is 2. The average Bonchev–Trinajstić information content (AvgIpc) is 3.21. The van der Waals surface area contributed by atoms with E-state index in [4.69, 9.17) is 4.98 Å². The van der Waals surface area contributed by atoms with Crippen LogP contribution in [0, 0.1) is 0 Å². The molecule has 118 valence electrons. The van der Waals surface area contributed by atoms with E-state index < -0.39 is 0 Å². The lowest BCUT2D eigenvalue weighted by atomic mass is 10.2. The maximum absolute atomic E-state index is 12.0. The molecule has 0 bridgehead atoms. The molecule has 4 nitrogen and oxygen atoms in total. The summed E-state index contributed by atoms with van der Waals surface area (Å²) in [6.07, 6.45) is 1.73. The third-order valence-corrected chi connectivity index (χ3v) is 5.96. The van der Waals surface area contributed by atoms with Gasteiger partial charge in [0, 0.05) is 11.6 Å². The van der Waals surface area contributed by atoms with Crippen LogP contribution in [0.1, 0.15) is 23.0 Å². The molecule has 0 aliphatic heterocycles. The van der Waals surface area contributed by atoms with E-state index in [0.717, 1.165) is 31.0 Å². The zero-order chi connectivity index (χ0) is 16.7. The topological polar surface area (TPSA) is 59.9 Å². The van der Waals surface area contributed by atoms with Gasteiger partial charge in [0.2, 0.25) is 0 Å². The summed E-state index contributed by atoms with van der Waals surface area (Å²) in [7, 11) is 0. The van der Waals surface area contributed by atoms with Crippen molar-refractivity contribution >= 4 is 55.4 Å². The normalized spacial score (nSPS) is 11.2. The summed E-state index contributed by atoms with van der Waals surface area (Å²) in [6, 6.07) is 11.6. The van der Waals surface area contributed by atoms with Crippen molar-refractivity contribution in [3.05, 3.63) is 47.5 Å². The Bertz CT molecular complexity index is 1090. The number of thiophene rings is 1. The van der Waals surface area contributed by atoms with E-state index in [9.17, 15) is 9.59 Å². The van der Waals surface area contributed by atoms with Crippen molar-refractivity contribution in [3.63, 3.8) is 0 Å². The molecule has 3 aromatic heterocycles. The fraction of sp³-hybridized carbons (Fsp3) is 0.111. The molecule has 0 radical (unpaired) electrons. The number of nitrogens with zero attached hydrogens (tertiary/aromatic N) is 2. The number of fused-ring (bicyclic) bond motifs is 3. The zero-order valence-electron chi connectivity index (χ0n) is 12.8. The van der Waals surface area contributed by atoms with Crippen molar-refractivity contribution in [1.29, 1.82) is 0 Å². The van der Waals surface area contributed by atoms with Crippen LogP contribution in [0.4, 0.5) is 0 Å². The minimum Gasteiger partial charge on any atom is -0.300 e. The van der Waals surface area contributed by atoms with Crippen LogP contribution in [0.2, 0.25) is 0 Å². The molecule has 6 heteroatoms. The number of carbonyl (C=O) groups is 2. The molecule has 24 heavy (non-hydrogen) atoms. The lowest BCUT2D eigenvalue weighted by Gasteiger charge is -1.95. The summed E-state index contributed by atoms with van der Waals surface area (Å²) in [5, 5.41) is 1.91. The Morgan fingerprint density at radius 3 is 2.79 bits per heavy atom. The van der Waals surface area contributed by atoms with Gasteiger partial charge in [-0.3, -0.25) is 14.6 Å². The van der Waals surface area contributed by atoms with Crippen LogP contribution in [-0.2, 0) is 4.79 Å². The molecule has 0 fully saturated rings. The standard InChI is InChI=1S/C18H12N2O2S2/c1-10(21)9-13(22)14-6-7-16(23-14)18-20-17-11-3-2-8-19-12(11)4-5-15(17)24-18/h2-8H,9H2,1H3. The fourth-order valence-corrected chi connectivity index (χ4v) is 4.54. The Balaban J connectivity index is 1.77. The molecule has 0 saturated carbocycles. The third-order valence-electron chi connectivity index (χ3n) is 3.64. The van der Waals surface area contributed by atoms with Crippen LogP contribution in [0.25, 0.3) is 31.0 Å². The maximum Gasteiger partial charge on any atom is 0.180 e. The SMILES string of the molecule is CC(=O)CC(=O)c1ccc(-c2nc3c(ccc4ncccc43)s2)s1. The molecule has 0 N–H and O–H groups in total. The first-order valence-corrected chi connectivity index (χ1v) is 9.02. The number of Topliss-reactive ketones (excluding diaryl/α,β-unsaturated/α-hetero) is 2. The van der Waals surface area contributed by atoms with Gasteiger partial charge < -0.3 is 0 Å². The summed E-state index contributed by atoms with van der Waals surface area (Å²) in [4.78, 5) is 33.8. The predicted molar refractivity (Wildman–Crippen MR) is 97.9 cm³/mol. The van der Waals surface area contributed by atoms with E-state index in [1.54, 1.807) is 23.6 Å². The Hall–Kier alpha value is -2.44. The van der Waals surface area contributed by atoms with E-state index in [1.807, 2.05) is 30.3 Å². The zero-order valence-corrected chi connectivity index (χ0v) is 14.4.